The van der Waals surface area contributed by atoms with Crippen molar-refractivity contribution >= 4 is 17.7 Å². The molecule has 0 spiro atoms. The largest absolute Gasteiger partial charge is 0.468 e. The van der Waals surface area contributed by atoms with E-state index in [0.717, 1.165) is 12.8 Å². The molecule has 0 aliphatic rings. The van der Waals surface area contributed by atoms with E-state index in [9.17, 15) is 9.59 Å². The van der Waals surface area contributed by atoms with E-state index >= 15 is 0 Å². The van der Waals surface area contributed by atoms with Gasteiger partial charge >= 0.3 is 11.7 Å². The molecule has 0 fully saturated rings. The molecule has 0 amide bonds. The van der Waals surface area contributed by atoms with E-state index < -0.39 is 5.54 Å². The van der Waals surface area contributed by atoms with Gasteiger partial charge in [0.1, 0.15) is 5.54 Å². The Morgan fingerprint density at radius 3 is 2.76 bits per heavy atom. The van der Waals surface area contributed by atoms with Gasteiger partial charge in [-0.15, -0.1) is 5.10 Å². The molecule has 1 rings (SSSR count). The summed E-state index contributed by atoms with van der Waals surface area (Å²) < 4.78 is 6.46. The Labute approximate surface area is 128 Å². The maximum atomic E-state index is 12.0. The summed E-state index contributed by atoms with van der Waals surface area (Å²) in [4.78, 5) is 23.6. The monoisotopic (exact) mass is 316 g/mol. The van der Waals surface area contributed by atoms with E-state index in [1.165, 1.54) is 18.9 Å². The highest BCUT2D eigenvalue weighted by Gasteiger charge is 2.34. The molecule has 0 saturated carbocycles. The second-order valence-corrected chi connectivity index (χ2v) is 5.94. The third-order valence-electron chi connectivity index (χ3n) is 3.06. The molecule has 0 aliphatic heterocycles. The zero-order valence-corrected chi connectivity index (χ0v) is 13.9. The highest BCUT2D eigenvalue weighted by molar-refractivity contribution is 7.99. The van der Waals surface area contributed by atoms with Crippen LogP contribution in [0.3, 0.4) is 0 Å². The SMILES string of the molecule is CCCNC(C)(CSc1n[nH]c(=O)n1CCC)C(=O)OC. The predicted molar refractivity (Wildman–Crippen MR) is 82.6 cm³/mol. The van der Waals surface area contributed by atoms with Gasteiger partial charge in [0.15, 0.2) is 5.16 Å². The minimum Gasteiger partial charge on any atom is -0.468 e. The topological polar surface area (TPSA) is 89.0 Å². The molecule has 8 heteroatoms. The Morgan fingerprint density at radius 2 is 2.19 bits per heavy atom. The number of thioether (sulfide) groups is 1. The lowest BCUT2D eigenvalue weighted by molar-refractivity contribution is -0.146. The van der Waals surface area contributed by atoms with Crippen LogP contribution in [0.5, 0.6) is 0 Å². The van der Waals surface area contributed by atoms with E-state index in [0.29, 0.717) is 24.0 Å². The van der Waals surface area contributed by atoms with E-state index in [1.807, 2.05) is 13.8 Å². The van der Waals surface area contributed by atoms with Gasteiger partial charge in [-0.2, -0.15) is 0 Å². The molecule has 1 atom stereocenters. The predicted octanol–water partition coefficient (Wildman–Crippen LogP) is 1.00. The molecule has 0 bridgehead atoms. The van der Waals surface area contributed by atoms with Gasteiger partial charge < -0.3 is 10.1 Å². The summed E-state index contributed by atoms with van der Waals surface area (Å²) in [6.45, 7) is 7.15. The molecule has 21 heavy (non-hydrogen) atoms. The van der Waals surface area contributed by atoms with Gasteiger partial charge in [-0.3, -0.25) is 9.36 Å². The molecular weight excluding hydrogens is 292 g/mol. The number of ether oxygens (including phenoxy) is 1. The summed E-state index contributed by atoms with van der Waals surface area (Å²) in [7, 11) is 1.38. The van der Waals surface area contributed by atoms with Gasteiger partial charge in [0.2, 0.25) is 0 Å². The molecule has 1 aromatic rings. The lowest BCUT2D eigenvalue weighted by atomic mass is 10.1. The van der Waals surface area contributed by atoms with Gasteiger partial charge in [-0.25, -0.2) is 9.89 Å². The number of nitrogens with zero attached hydrogens (tertiary/aromatic N) is 2. The standard InChI is InChI=1S/C13H24N4O3S/c1-5-7-14-13(3,10(18)20-4)9-21-12-16-15-11(19)17(12)8-6-2/h14H,5-9H2,1-4H3,(H,15,19). The number of aromatic nitrogens is 3. The summed E-state index contributed by atoms with van der Waals surface area (Å²) in [6, 6.07) is 0. The third kappa shape index (κ3) is 4.60. The average Bonchev–Trinajstić information content (AvgIpc) is 2.83. The van der Waals surface area contributed by atoms with Gasteiger partial charge in [-0.05, 0) is 26.3 Å². The summed E-state index contributed by atoms with van der Waals surface area (Å²) in [6.07, 6.45) is 1.76. The van der Waals surface area contributed by atoms with Crippen LogP contribution in [0.2, 0.25) is 0 Å². The second-order valence-electron chi connectivity index (χ2n) is 5.00. The van der Waals surface area contributed by atoms with Gasteiger partial charge in [-0.1, -0.05) is 25.6 Å². The lowest BCUT2D eigenvalue weighted by Gasteiger charge is -2.27. The van der Waals surface area contributed by atoms with Crippen molar-refractivity contribution in [1.82, 2.24) is 20.1 Å². The molecule has 0 aromatic carbocycles. The van der Waals surface area contributed by atoms with E-state index in [1.54, 1.807) is 11.5 Å². The number of esters is 1. The van der Waals surface area contributed by atoms with Crippen molar-refractivity contribution in [3.05, 3.63) is 10.5 Å². The summed E-state index contributed by atoms with van der Waals surface area (Å²) in [5.41, 5.74) is -1.03. The van der Waals surface area contributed by atoms with Crippen molar-refractivity contribution in [2.24, 2.45) is 0 Å². The third-order valence-corrected chi connectivity index (χ3v) is 4.35. The minimum absolute atomic E-state index is 0.222. The van der Waals surface area contributed by atoms with Gasteiger partial charge in [0, 0.05) is 12.3 Å². The molecule has 7 nitrogen and oxygen atoms in total. The smallest absolute Gasteiger partial charge is 0.343 e. The molecular formula is C13H24N4O3S. The van der Waals surface area contributed by atoms with E-state index in [2.05, 4.69) is 15.5 Å². The van der Waals surface area contributed by atoms with Crippen LogP contribution in [0, 0.1) is 0 Å². The van der Waals surface area contributed by atoms with Crippen LogP contribution in [-0.4, -0.2) is 45.7 Å². The fraction of sp³-hybridized carbons (Fsp3) is 0.769. The number of rotatable bonds is 9. The van der Waals surface area contributed by atoms with Crippen molar-refractivity contribution in [3.63, 3.8) is 0 Å². The van der Waals surface area contributed by atoms with E-state index in [4.69, 9.17) is 4.74 Å². The first-order valence-corrected chi connectivity index (χ1v) is 8.08. The Bertz CT molecular complexity index is 514. The fourth-order valence-corrected chi connectivity index (χ4v) is 2.93. The Kier molecular flexibility index (Phi) is 6.97. The van der Waals surface area contributed by atoms with Gasteiger partial charge in [0.25, 0.3) is 0 Å². The Morgan fingerprint density at radius 1 is 1.48 bits per heavy atom. The number of hydrogen-bond donors (Lipinski definition) is 2. The Hall–Kier alpha value is -1.28. The number of methoxy groups -OCH3 is 1. The fourth-order valence-electron chi connectivity index (χ4n) is 1.85. The van der Waals surface area contributed by atoms with Crippen LogP contribution in [-0.2, 0) is 16.1 Å². The first kappa shape index (κ1) is 17.8. The Balaban J connectivity index is 2.81. The number of aromatic amines is 1. The van der Waals surface area contributed by atoms with Crippen LogP contribution in [0.15, 0.2) is 9.95 Å². The van der Waals surface area contributed by atoms with Crippen LogP contribution in [0.25, 0.3) is 0 Å². The lowest BCUT2D eigenvalue weighted by Crippen LogP contribution is -2.52. The molecule has 0 aliphatic carbocycles. The van der Waals surface area contributed by atoms with Crippen LogP contribution >= 0.6 is 11.8 Å². The van der Waals surface area contributed by atoms with Gasteiger partial charge in [0.05, 0.1) is 7.11 Å². The summed E-state index contributed by atoms with van der Waals surface area (Å²) in [5, 5.41) is 10.3. The van der Waals surface area contributed by atoms with Crippen molar-refractivity contribution in [2.75, 3.05) is 19.4 Å². The number of carbonyl (C=O) groups excluding carboxylic acids is 1. The number of nitrogens with one attached hydrogen (secondary N) is 2. The van der Waals surface area contributed by atoms with E-state index in [-0.39, 0.29) is 11.7 Å². The number of H-pyrrole nitrogens is 1. The number of carbonyl (C=O) groups is 1. The molecule has 1 heterocycles. The van der Waals surface area contributed by atoms with Crippen molar-refractivity contribution in [1.29, 1.82) is 0 Å². The quantitative estimate of drug-likeness (QED) is 0.522. The van der Waals surface area contributed by atoms with Crippen molar-refractivity contribution in [2.45, 2.75) is 50.9 Å². The summed E-state index contributed by atoms with van der Waals surface area (Å²) >= 11 is 1.37. The molecule has 1 unspecified atom stereocenters. The maximum absolute atomic E-state index is 12.0. The maximum Gasteiger partial charge on any atom is 0.343 e. The van der Waals surface area contributed by atoms with Crippen molar-refractivity contribution < 1.29 is 9.53 Å². The van der Waals surface area contributed by atoms with Crippen molar-refractivity contribution in [3.8, 4) is 0 Å². The normalized spacial score (nSPS) is 13.9. The molecule has 2 N–H and O–H groups in total. The molecule has 0 radical (unpaired) electrons. The average molecular weight is 316 g/mol. The second kappa shape index (κ2) is 8.23. The number of hydrogen-bond acceptors (Lipinski definition) is 6. The molecule has 1 aromatic heterocycles. The molecule has 120 valence electrons. The van der Waals surface area contributed by atoms with Crippen LogP contribution in [0.1, 0.15) is 33.6 Å². The zero-order chi connectivity index (χ0) is 15.9. The minimum atomic E-state index is -0.804. The first-order chi connectivity index (χ1) is 9.98. The first-order valence-electron chi connectivity index (χ1n) is 7.10. The van der Waals surface area contributed by atoms with Crippen LogP contribution < -0.4 is 11.0 Å². The highest BCUT2D eigenvalue weighted by Crippen LogP contribution is 2.21. The molecule has 0 saturated heterocycles. The summed E-state index contributed by atoms with van der Waals surface area (Å²) in [5.74, 6) is 0.122. The zero-order valence-electron chi connectivity index (χ0n) is 13.1. The highest BCUT2D eigenvalue weighted by atomic mass is 32.2. The van der Waals surface area contributed by atoms with Crippen LogP contribution in [0.4, 0.5) is 0 Å².